The minimum absolute atomic E-state index is 0.220. The maximum atomic E-state index is 12.8. The number of thiophene rings is 1. The lowest BCUT2D eigenvalue weighted by atomic mass is 9.69. The van der Waals surface area contributed by atoms with Crippen LogP contribution >= 0.6 is 11.3 Å². The minimum atomic E-state index is 0.220. The highest BCUT2D eigenvalue weighted by Gasteiger charge is 2.38. The molecule has 22 heavy (non-hydrogen) atoms. The summed E-state index contributed by atoms with van der Waals surface area (Å²) in [6.07, 6.45) is 7.73. The Balaban J connectivity index is 1.65. The first kappa shape index (κ1) is 13.3. The molecule has 0 atom stereocenters. The third kappa shape index (κ3) is 1.78. The standard InChI is InChI=1S/C17H20N2O2S/c20-16-14-11-3-4-17(5-8-21-9-6-17)10-12(11)22-15(14)18-13-2-1-7-19(13)16/h1-10H2. The molecule has 5 heteroatoms. The Labute approximate surface area is 133 Å². The lowest BCUT2D eigenvalue weighted by Gasteiger charge is -2.40. The van der Waals surface area contributed by atoms with Gasteiger partial charge in [0.25, 0.3) is 5.56 Å². The zero-order valence-corrected chi connectivity index (χ0v) is 13.5. The van der Waals surface area contributed by atoms with Crippen molar-refractivity contribution >= 4 is 21.6 Å². The molecular weight excluding hydrogens is 296 g/mol. The van der Waals surface area contributed by atoms with Crippen LogP contribution < -0.4 is 5.56 Å². The van der Waals surface area contributed by atoms with Crippen LogP contribution in [0.15, 0.2) is 4.79 Å². The Morgan fingerprint density at radius 2 is 2.05 bits per heavy atom. The Bertz CT molecular complexity index is 814. The van der Waals surface area contributed by atoms with Crippen LogP contribution in [0.25, 0.3) is 10.2 Å². The number of nitrogens with zero attached hydrogens (tertiary/aromatic N) is 2. The molecule has 2 aromatic heterocycles. The molecular formula is C17H20N2O2S. The third-order valence-electron chi connectivity index (χ3n) is 5.85. The topological polar surface area (TPSA) is 44.1 Å². The summed E-state index contributed by atoms with van der Waals surface area (Å²) in [5.74, 6) is 0.997. The highest BCUT2D eigenvalue weighted by atomic mass is 32.1. The fourth-order valence-corrected chi connectivity index (χ4v) is 5.90. The van der Waals surface area contributed by atoms with Crippen molar-refractivity contribution in [1.29, 1.82) is 0 Å². The van der Waals surface area contributed by atoms with Crippen LogP contribution in [-0.2, 0) is 30.5 Å². The second-order valence-corrected chi connectivity index (χ2v) is 8.15. The molecule has 1 fully saturated rings. The zero-order valence-electron chi connectivity index (χ0n) is 12.7. The average molecular weight is 316 g/mol. The maximum absolute atomic E-state index is 12.8. The van der Waals surface area contributed by atoms with Crippen molar-refractivity contribution in [2.45, 2.75) is 51.5 Å². The highest BCUT2D eigenvalue weighted by Crippen LogP contribution is 2.46. The first-order chi connectivity index (χ1) is 10.8. The lowest BCUT2D eigenvalue weighted by Crippen LogP contribution is -2.34. The Morgan fingerprint density at radius 3 is 2.91 bits per heavy atom. The summed E-state index contributed by atoms with van der Waals surface area (Å²) in [4.78, 5) is 20.1. The van der Waals surface area contributed by atoms with Gasteiger partial charge in [0, 0.05) is 31.1 Å². The van der Waals surface area contributed by atoms with Gasteiger partial charge >= 0.3 is 0 Å². The van der Waals surface area contributed by atoms with Gasteiger partial charge in [-0.25, -0.2) is 4.98 Å². The predicted molar refractivity (Wildman–Crippen MR) is 86.7 cm³/mol. The van der Waals surface area contributed by atoms with Gasteiger partial charge in [-0.3, -0.25) is 9.36 Å². The van der Waals surface area contributed by atoms with Gasteiger partial charge in [-0.15, -0.1) is 11.3 Å². The molecule has 2 aliphatic heterocycles. The third-order valence-corrected chi connectivity index (χ3v) is 6.98. The molecule has 1 aliphatic carbocycles. The fraction of sp³-hybridized carbons (Fsp3) is 0.647. The van der Waals surface area contributed by atoms with E-state index >= 15 is 0 Å². The van der Waals surface area contributed by atoms with E-state index in [1.165, 1.54) is 29.7 Å². The summed E-state index contributed by atoms with van der Waals surface area (Å²) in [6.45, 7) is 2.65. The number of ether oxygens (including phenoxy) is 1. The highest BCUT2D eigenvalue weighted by molar-refractivity contribution is 7.18. The van der Waals surface area contributed by atoms with Crippen LogP contribution in [0.2, 0.25) is 0 Å². The predicted octanol–water partition coefficient (Wildman–Crippen LogP) is 2.69. The van der Waals surface area contributed by atoms with E-state index in [1.54, 1.807) is 11.3 Å². The monoisotopic (exact) mass is 316 g/mol. The summed E-state index contributed by atoms with van der Waals surface area (Å²) in [5, 5.41) is 0.938. The molecule has 0 saturated carbocycles. The molecule has 0 unspecified atom stereocenters. The molecule has 2 aromatic rings. The molecule has 4 nitrogen and oxygen atoms in total. The molecule has 116 valence electrons. The number of hydrogen-bond donors (Lipinski definition) is 0. The number of rotatable bonds is 0. The summed E-state index contributed by atoms with van der Waals surface area (Å²) >= 11 is 1.78. The molecule has 1 spiro atoms. The van der Waals surface area contributed by atoms with Gasteiger partial charge in [0.15, 0.2) is 0 Å². The maximum Gasteiger partial charge on any atom is 0.262 e. The molecule has 0 aromatic carbocycles. The molecule has 0 amide bonds. The lowest BCUT2D eigenvalue weighted by molar-refractivity contribution is 0.00818. The summed E-state index contributed by atoms with van der Waals surface area (Å²) in [7, 11) is 0. The summed E-state index contributed by atoms with van der Waals surface area (Å²) in [5.41, 5.74) is 1.96. The first-order valence-electron chi connectivity index (χ1n) is 8.38. The van der Waals surface area contributed by atoms with Crippen LogP contribution in [0.1, 0.15) is 41.9 Å². The Kier molecular flexibility index (Phi) is 2.80. The minimum Gasteiger partial charge on any atom is -0.381 e. The first-order valence-corrected chi connectivity index (χ1v) is 9.19. The van der Waals surface area contributed by atoms with Crippen LogP contribution in [0, 0.1) is 5.41 Å². The van der Waals surface area contributed by atoms with Crippen molar-refractivity contribution in [2.75, 3.05) is 13.2 Å². The van der Waals surface area contributed by atoms with Crippen molar-refractivity contribution in [3.05, 3.63) is 26.6 Å². The van der Waals surface area contributed by atoms with E-state index < -0.39 is 0 Å². The van der Waals surface area contributed by atoms with Crippen LogP contribution in [0.3, 0.4) is 0 Å². The normalized spacial score (nSPS) is 22.9. The van der Waals surface area contributed by atoms with Crippen LogP contribution in [0.4, 0.5) is 0 Å². The largest absolute Gasteiger partial charge is 0.381 e. The Morgan fingerprint density at radius 1 is 1.18 bits per heavy atom. The van der Waals surface area contributed by atoms with Crippen molar-refractivity contribution < 1.29 is 4.74 Å². The molecule has 0 N–H and O–H groups in total. The molecule has 0 radical (unpaired) electrons. The van der Waals surface area contributed by atoms with Crippen LogP contribution in [0.5, 0.6) is 0 Å². The van der Waals surface area contributed by atoms with E-state index in [-0.39, 0.29) is 5.56 Å². The number of aromatic nitrogens is 2. The molecule has 1 saturated heterocycles. The van der Waals surface area contributed by atoms with Gasteiger partial charge in [-0.2, -0.15) is 0 Å². The van der Waals surface area contributed by atoms with Crippen LogP contribution in [-0.4, -0.2) is 22.8 Å². The smallest absolute Gasteiger partial charge is 0.262 e. The van der Waals surface area contributed by atoms with E-state index in [1.807, 2.05) is 4.57 Å². The number of hydrogen-bond acceptors (Lipinski definition) is 4. The van der Waals surface area contributed by atoms with Crippen molar-refractivity contribution in [3.8, 4) is 0 Å². The fourth-order valence-electron chi connectivity index (χ4n) is 4.50. The summed E-state index contributed by atoms with van der Waals surface area (Å²) < 4.78 is 7.47. The van der Waals surface area contributed by atoms with Gasteiger partial charge in [0.05, 0.1) is 5.39 Å². The SMILES string of the molecule is O=c1c2c3c(sc2nc2n1CCC2)CC1(CCOCC1)CC3. The second-order valence-electron chi connectivity index (χ2n) is 7.06. The van der Waals surface area contributed by atoms with Gasteiger partial charge in [-0.05, 0) is 49.5 Å². The molecule has 5 rings (SSSR count). The molecule has 0 bridgehead atoms. The van der Waals surface area contributed by atoms with Gasteiger partial charge in [0.2, 0.25) is 0 Å². The zero-order chi connectivity index (χ0) is 14.7. The summed E-state index contributed by atoms with van der Waals surface area (Å²) in [6, 6.07) is 0. The van der Waals surface area contributed by atoms with E-state index in [2.05, 4.69) is 0 Å². The number of aryl methyl sites for hydroxylation is 2. The van der Waals surface area contributed by atoms with Crippen molar-refractivity contribution in [3.63, 3.8) is 0 Å². The second kappa shape index (κ2) is 4.65. The van der Waals surface area contributed by atoms with E-state index in [0.717, 1.165) is 61.5 Å². The van der Waals surface area contributed by atoms with E-state index in [0.29, 0.717) is 5.41 Å². The van der Waals surface area contributed by atoms with E-state index in [4.69, 9.17) is 9.72 Å². The molecule has 3 aliphatic rings. The average Bonchev–Trinajstić information content (AvgIpc) is 3.12. The molecule has 4 heterocycles. The Hall–Kier alpha value is -1.20. The van der Waals surface area contributed by atoms with Crippen molar-refractivity contribution in [1.82, 2.24) is 9.55 Å². The van der Waals surface area contributed by atoms with Gasteiger partial charge in [-0.1, -0.05) is 0 Å². The number of fused-ring (bicyclic) bond motifs is 4. The van der Waals surface area contributed by atoms with E-state index in [9.17, 15) is 4.79 Å². The quantitative estimate of drug-likeness (QED) is 0.750. The van der Waals surface area contributed by atoms with Crippen molar-refractivity contribution in [2.24, 2.45) is 5.41 Å². The van der Waals surface area contributed by atoms with Gasteiger partial charge in [0.1, 0.15) is 10.7 Å². The van der Waals surface area contributed by atoms with Gasteiger partial charge < -0.3 is 4.74 Å².